The Morgan fingerprint density at radius 2 is 0.885 bits per heavy atom. The summed E-state index contributed by atoms with van der Waals surface area (Å²) >= 11 is 0. The maximum atomic E-state index is 2.68. The normalized spacial score (nSPS) is 12.8. The number of hydrogen-bond donors (Lipinski definition) is 0. The molecule has 0 amide bonds. The van der Waals surface area contributed by atoms with Crippen LogP contribution in [0.25, 0.3) is 0 Å². The van der Waals surface area contributed by atoms with Crippen LogP contribution in [-0.4, -0.2) is 24.5 Å². The molecule has 1 atom stereocenters. The van der Waals surface area contributed by atoms with Crippen LogP contribution in [0.3, 0.4) is 0 Å². The zero-order valence-electron chi connectivity index (χ0n) is 19.2. The van der Waals surface area contributed by atoms with Gasteiger partial charge in [0.25, 0.3) is 0 Å². The third-order valence-electron chi connectivity index (χ3n) is 5.70. The third-order valence-corrected chi connectivity index (χ3v) is 5.70. The van der Waals surface area contributed by atoms with Gasteiger partial charge in [-0.25, -0.2) is 0 Å². The fourth-order valence-electron chi connectivity index (χ4n) is 4.15. The van der Waals surface area contributed by atoms with E-state index in [1.54, 1.807) is 0 Å². The SMILES string of the molecule is CCCCCCCCCCCCCCCCC(C)CN(CCC)CCC. The van der Waals surface area contributed by atoms with Gasteiger partial charge in [0.05, 0.1) is 0 Å². The predicted octanol–water partition coefficient (Wildman–Crippen LogP) is 8.62. The molecule has 0 rings (SSSR count). The number of nitrogens with zero attached hydrogens (tertiary/aromatic N) is 1. The van der Waals surface area contributed by atoms with Crippen molar-refractivity contribution in [2.24, 2.45) is 5.92 Å². The van der Waals surface area contributed by atoms with Gasteiger partial charge in [-0.05, 0) is 38.3 Å². The highest BCUT2D eigenvalue weighted by Crippen LogP contribution is 2.15. The van der Waals surface area contributed by atoms with Gasteiger partial charge >= 0.3 is 0 Å². The molecule has 0 aliphatic rings. The van der Waals surface area contributed by atoms with Gasteiger partial charge in [-0.2, -0.15) is 0 Å². The van der Waals surface area contributed by atoms with Crippen molar-refractivity contribution >= 4 is 0 Å². The lowest BCUT2D eigenvalue weighted by Gasteiger charge is -2.24. The molecule has 158 valence electrons. The summed E-state index contributed by atoms with van der Waals surface area (Å²) in [6, 6.07) is 0. The summed E-state index contributed by atoms with van der Waals surface area (Å²) in [5, 5.41) is 0. The van der Waals surface area contributed by atoms with Crippen LogP contribution in [-0.2, 0) is 0 Å². The molecule has 1 heteroatoms. The summed E-state index contributed by atoms with van der Waals surface area (Å²) < 4.78 is 0. The maximum Gasteiger partial charge on any atom is 0.000701 e. The molecule has 0 bridgehead atoms. The van der Waals surface area contributed by atoms with Crippen molar-refractivity contribution in [1.29, 1.82) is 0 Å². The van der Waals surface area contributed by atoms with Gasteiger partial charge in [-0.15, -0.1) is 0 Å². The summed E-state index contributed by atoms with van der Waals surface area (Å²) in [7, 11) is 0. The van der Waals surface area contributed by atoms with Gasteiger partial charge in [0.15, 0.2) is 0 Å². The molecular formula is C25H53N. The quantitative estimate of drug-likeness (QED) is 0.183. The molecule has 0 aliphatic carbocycles. The van der Waals surface area contributed by atoms with Crippen LogP contribution in [0.5, 0.6) is 0 Å². The van der Waals surface area contributed by atoms with E-state index < -0.39 is 0 Å². The molecular weight excluding hydrogens is 314 g/mol. The predicted molar refractivity (Wildman–Crippen MR) is 121 cm³/mol. The molecule has 0 saturated heterocycles. The van der Waals surface area contributed by atoms with Crippen molar-refractivity contribution in [2.45, 2.75) is 137 Å². The number of unbranched alkanes of at least 4 members (excludes halogenated alkanes) is 13. The third kappa shape index (κ3) is 18.7. The van der Waals surface area contributed by atoms with Gasteiger partial charge in [0.1, 0.15) is 0 Å². The van der Waals surface area contributed by atoms with Crippen molar-refractivity contribution in [3.8, 4) is 0 Å². The van der Waals surface area contributed by atoms with E-state index in [0.29, 0.717) is 0 Å². The first-order valence-corrected chi connectivity index (χ1v) is 12.5. The lowest BCUT2D eigenvalue weighted by Crippen LogP contribution is -2.30. The molecule has 0 aromatic rings. The summed E-state index contributed by atoms with van der Waals surface area (Å²) in [4.78, 5) is 2.68. The summed E-state index contributed by atoms with van der Waals surface area (Å²) in [6.45, 7) is 13.3. The monoisotopic (exact) mass is 367 g/mol. The molecule has 0 spiro atoms. The smallest absolute Gasteiger partial charge is 0.000701 e. The minimum Gasteiger partial charge on any atom is -0.303 e. The molecule has 0 aromatic heterocycles. The molecule has 26 heavy (non-hydrogen) atoms. The fraction of sp³-hybridized carbons (Fsp3) is 1.00. The Bertz CT molecular complexity index is 245. The Morgan fingerprint density at radius 1 is 0.500 bits per heavy atom. The second-order valence-corrected chi connectivity index (χ2v) is 8.79. The van der Waals surface area contributed by atoms with Crippen LogP contribution in [0, 0.1) is 5.92 Å². The maximum absolute atomic E-state index is 2.68. The summed E-state index contributed by atoms with van der Waals surface area (Å²) in [5.74, 6) is 0.880. The highest BCUT2D eigenvalue weighted by Gasteiger charge is 2.08. The first-order chi connectivity index (χ1) is 12.7. The Hall–Kier alpha value is -0.0400. The Labute approximate surface area is 167 Å². The van der Waals surface area contributed by atoms with Gasteiger partial charge in [-0.1, -0.05) is 118 Å². The highest BCUT2D eigenvalue weighted by molar-refractivity contribution is 4.63. The van der Waals surface area contributed by atoms with E-state index in [0.717, 1.165) is 5.92 Å². The molecule has 0 radical (unpaired) electrons. The van der Waals surface area contributed by atoms with E-state index in [1.807, 2.05) is 0 Å². The first kappa shape index (κ1) is 26.0. The lowest BCUT2D eigenvalue weighted by atomic mass is 10.0. The summed E-state index contributed by atoms with van der Waals surface area (Å²) in [6.07, 6.45) is 24.5. The van der Waals surface area contributed by atoms with Crippen molar-refractivity contribution in [3.05, 3.63) is 0 Å². The van der Waals surface area contributed by atoms with E-state index >= 15 is 0 Å². The molecule has 0 heterocycles. The van der Waals surface area contributed by atoms with Crippen LogP contribution in [0.1, 0.15) is 137 Å². The minimum absolute atomic E-state index is 0.880. The van der Waals surface area contributed by atoms with Crippen LogP contribution in [0.15, 0.2) is 0 Å². The largest absolute Gasteiger partial charge is 0.303 e. The topological polar surface area (TPSA) is 3.24 Å². The molecule has 0 aromatic carbocycles. The fourth-order valence-corrected chi connectivity index (χ4v) is 4.15. The highest BCUT2D eigenvalue weighted by atomic mass is 15.1. The van der Waals surface area contributed by atoms with E-state index in [1.165, 1.54) is 129 Å². The molecule has 0 fully saturated rings. The molecule has 1 unspecified atom stereocenters. The van der Waals surface area contributed by atoms with Crippen LogP contribution < -0.4 is 0 Å². The second-order valence-electron chi connectivity index (χ2n) is 8.79. The Kier molecular flexibility index (Phi) is 21.2. The van der Waals surface area contributed by atoms with Gasteiger partial charge in [0.2, 0.25) is 0 Å². The molecule has 0 saturated carbocycles. The van der Waals surface area contributed by atoms with Crippen molar-refractivity contribution < 1.29 is 0 Å². The minimum atomic E-state index is 0.880. The van der Waals surface area contributed by atoms with Crippen LogP contribution >= 0.6 is 0 Å². The Morgan fingerprint density at radius 3 is 1.27 bits per heavy atom. The average Bonchev–Trinajstić information content (AvgIpc) is 2.62. The number of hydrogen-bond acceptors (Lipinski definition) is 1. The average molecular weight is 368 g/mol. The van der Waals surface area contributed by atoms with E-state index in [2.05, 4.69) is 32.6 Å². The van der Waals surface area contributed by atoms with Crippen molar-refractivity contribution in [2.75, 3.05) is 19.6 Å². The van der Waals surface area contributed by atoms with Gasteiger partial charge < -0.3 is 4.90 Å². The van der Waals surface area contributed by atoms with Crippen molar-refractivity contribution in [1.82, 2.24) is 4.90 Å². The van der Waals surface area contributed by atoms with Crippen molar-refractivity contribution in [3.63, 3.8) is 0 Å². The summed E-state index contributed by atoms with van der Waals surface area (Å²) in [5.41, 5.74) is 0. The lowest BCUT2D eigenvalue weighted by molar-refractivity contribution is 0.230. The van der Waals surface area contributed by atoms with E-state index in [4.69, 9.17) is 0 Å². The zero-order valence-corrected chi connectivity index (χ0v) is 19.2. The standard InChI is InChI=1S/C25H53N/c1-5-8-9-10-11-12-13-14-15-16-17-18-19-20-21-25(4)24-26(22-6-2)23-7-3/h25H,5-24H2,1-4H3. The first-order valence-electron chi connectivity index (χ1n) is 12.5. The zero-order chi connectivity index (χ0) is 19.3. The van der Waals surface area contributed by atoms with Gasteiger partial charge in [-0.3, -0.25) is 0 Å². The van der Waals surface area contributed by atoms with E-state index in [-0.39, 0.29) is 0 Å². The molecule has 1 nitrogen and oxygen atoms in total. The molecule has 0 N–H and O–H groups in total. The van der Waals surface area contributed by atoms with E-state index in [9.17, 15) is 0 Å². The second kappa shape index (κ2) is 21.3. The number of rotatable bonds is 21. The Balaban J connectivity index is 3.29. The van der Waals surface area contributed by atoms with Gasteiger partial charge in [0, 0.05) is 6.54 Å². The van der Waals surface area contributed by atoms with Crippen LogP contribution in [0.2, 0.25) is 0 Å². The molecule has 0 aliphatic heterocycles. The van der Waals surface area contributed by atoms with Crippen LogP contribution in [0.4, 0.5) is 0 Å².